The van der Waals surface area contributed by atoms with Crippen molar-refractivity contribution in [1.29, 1.82) is 0 Å². The van der Waals surface area contributed by atoms with Crippen molar-refractivity contribution in [3.63, 3.8) is 0 Å². The van der Waals surface area contributed by atoms with Crippen LogP contribution in [0.25, 0.3) is 0 Å². The van der Waals surface area contributed by atoms with Crippen LogP contribution in [0.1, 0.15) is 25.0 Å². The Morgan fingerprint density at radius 2 is 2.04 bits per heavy atom. The van der Waals surface area contributed by atoms with E-state index in [0.717, 1.165) is 45.4 Å². The smallest absolute Gasteiger partial charge is 0.191 e. The highest BCUT2D eigenvalue weighted by atomic mass is 127. The maximum atomic E-state index is 5.41. The van der Waals surface area contributed by atoms with E-state index >= 15 is 0 Å². The van der Waals surface area contributed by atoms with E-state index in [2.05, 4.69) is 60.6 Å². The first kappa shape index (κ1) is 21.2. The van der Waals surface area contributed by atoms with Gasteiger partial charge in [0.25, 0.3) is 0 Å². The number of ether oxygens (including phenoxy) is 1. The van der Waals surface area contributed by atoms with Gasteiger partial charge in [0.1, 0.15) is 0 Å². The predicted molar refractivity (Wildman–Crippen MR) is 111 cm³/mol. The molecule has 0 radical (unpaired) electrons. The van der Waals surface area contributed by atoms with Crippen LogP contribution in [0.5, 0.6) is 0 Å². The third-order valence-electron chi connectivity index (χ3n) is 4.08. The number of nitrogens with zero attached hydrogens (tertiary/aromatic N) is 2. The van der Waals surface area contributed by atoms with Gasteiger partial charge in [0.05, 0.1) is 19.8 Å². The number of hydrogen-bond acceptors (Lipinski definition) is 3. The van der Waals surface area contributed by atoms with Crippen molar-refractivity contribution in [1.82, 2.24) is 15.5 Å². The Hall–Kier alpha value is -0.860. The van der Waals surface area contributed by atoms with Gasteiger partial charge in [-0.3, -0.25) is 4.90 Å². The molecule has 0 aliphatic carbocycles. The van der Waals surface area contributed by atoms with Crippen molar-refractivity contribution in [2.45, 2.75) is 33.4 Å². The third-order valence-corrected chi connectivity index (χ3v) is 4.08. The second-order valence-electron chi connectivity index (χ2n) is 6.06. The molecule has 1 fully saturated rings. The lowest BCUT2D eigenvalue weighted by Gasteiger charge is -2.32. The van der Waals surface area contributed by atoms with Gasteiger partial charge in [-0.25, -0.2) is 4.99 Å². The van der Waals surface area contributed by atoms with E-state index in [4.69, 9.17) is 9.73 Å². The molecule has 0 saturated carbocycles. The highest BCUT2D eigenvalue weighted by Gasteiger charge is 2.16. The lowest BCUT2D eigenvalue weighted by Crippen LogP contribution is -2.49. The zero-order valence-electron chi connectivity index (χ0n) is 15.0. The minimum atomic E-state index is 0. The molecule has 5 nitrogen and oxygen atoms in total. The van der Waals surface area contributed by atoms with Crippen molar-refractivity contribution in [3.05, 3.63) is 35.4 Å². The molecule has 0 bridgehead atoms. The number of hydrogen-bond donors (Lipinski definition) is 2. The Balaban J connectivity index is 0.00000288. The highest BCUT2D eigenvalue weighted by molar-refractivity contribution is 14.0. The molecule has 1 atom stereocenters. The Bertz CT molecular complexity index is 504. The van der Waals surface area contributed by atoms with E-state index in [0.29, 0.717) is 12.6 Å². The molecule has 2 N–H and O–H groups in total. The lowest BCUT2D eigenvalue weighted by molar-refractivity contribution is 0.0211. The van der Waals surface area contributed by atoms with E-state index in [1.807, 2.05) is 0 Å². The van der Waals surface area contributed by atoms with Gasteiger partial charge in [0.2, 0.25) is 0 Å². The van der Waals surface area contributed by atoms with Gasteiger partial charge in [0.15, 0.2) is 5.96 Å². The number of aryl methyl sites for hydroxylation is 1. The van der Waals surface area contributed by atoms with Crippen molar-refractivity contribution in [3.8, 4) is 0 Å². The molecular formula is C18H31IN4O. The van der Waals surface area contributed by atoms with Crippen LogP contribution in [0.3, 0.4) is 0 Å². The van der Waals surface area contributed by atoms with Crippen LogP contribution in [0, 0.1) is 6.92 Å². The number of morpholine rings is 1. The van der Waals surface area contributed by atoms with E-state index in [9.17, 15) is 0 Å². The number of guanidine groups is 1. The van der Waals surface area contributed by atoms with Crippen LogP contribution in [-0.2, 0) is 11.3 Å². The van der Waals surface area contributed by atoms with Gasteiger partial charge in [-0.15, -0.1) is 24.0 Å². The molecule has 0 aromatic heterocycles. The summed E-state index contributed by atoms with van der Waals surface area (Å²) in [5.41, 5.74) is 2.51. The van der Waals surface area contributed by atoms with Crippen molar-refractivity contribution in [2.24, 2.45) is 4.99 Å². The molecule has 1 unspecified atom stereocenters. The van der Waals surface area contributed by atoms with Gasteiger partial charge in [0, 0.05) is 32.2 Å². The minimum absolute atomic E-state index is 0. The first-order valence-corrected chi connectivity index (χ1v) is 8.58. The van der Waals surface area contributed by atoms with Gasteiger partial charge in [-0.1, -0.05) is 29.8 Å². The second-order valence-corrected chi connectivity index (χ2v) is 6.06. The summed E-state index contributed by atoms with van der Waals surface area (Å²) in [7, 11) is 0. The topological polar surface area (TPSA) is 48.9 Å². The van der Waals surface area contributed by atoms with Gasteiger partial charge in [-0.2, -0.15) is 0 Å². The summed E-state index contributed by atoms with van der Waals surface area (Å²) in [6.45, 7) is 12.6. The summed E-state index contributed by atoms with van der Waals surface area (Å²) >= 11 is 0. The maximum absolute atomic E-state index is 5.41. The van der Waals surface area contributed by atoms with Crippen LogP contribution >= 0.6 is 24.0 Å². The molecule has 0 spiro atoms. The van der Waals surface area contributed by atoms with E-state index in [1.165, 1.54) is 11.1 Å². The molecule has 0 amide bonds. The molecule has 6 heteroatoms. The fourth-order valence-corrected chi connectivity index (χ4v) is 2.71. The Morgan fingerprint density at radius 1 is 1.29 bits per heavy atom. The van der Waals surface area contributed by atoms with E-state index in [-0.39, 0.29) is 24.0 Å². The zero-order chi connectivity index (χ0) is 16.5. The van der Waals surface area contributed by atoms with Gasteiger partial charge in [-0.05, 0) is 26.3 Å². The monoisotopic (exact) mass is 446 g/mol. The zero-order valence-corrected chi connectivity index (χ0v) is 17.4. The van der Waals surface area contributed by atoms with Crippen LogP contribution in [-0.4, -0.2) is 56.3 Å². The molecule has 1 aromatic carbocycles. The van der Waals surface area contributed by atoms with E-state index < -0.39 is 0 Å². The molecular weight excluding hydrogens is 415 g/mol. The predicted octanol–water partition coefficient (Wildman–Crippen LogP) is 2.39. The number of aliphatic imine (C=N–C) groups is 1. The number of nitrogens with one attached hydrogen (secondary N) is 2. The van der Waals surface area contributed by atoms with Crippen LogP contribution in [0.4, 0.5) is 0 Å². The average Bonchev–Trinajstić information content (AvgIpc) is 2.58. The molecule has 1 aliphatic rings. The molecule has 136 valence electrons. The Kier molecular flexibility index (Phi) is 10.3. The molecule has 2 rings (SSSR count). The molecule has 1 aromatic rings. The largest absolute Gasteiger partial charge is 0.379 e. The standard InChI is InChI=1S/C18H30N4O.HI/c1-4-19-18(21-14-17-7-5-6-15(2)12-17)20-13-16(3)22-8-10-23-11-9-22;/h5-7,12,16H,4,8-11,13-14H2,1-3H3,(H2,19,20,21);1H. The van der Waals surface area contributed by atoms with Crippen LogP contribution in [0.15, 0.2) is 29.3 Å². The SMILES string of the molecule is CCNC(=NCc1cccc(C)c1)NCC(C)N1CCOCC1.I. The minimum Gasteiger partial charge on any atom is -0.379 e. The first-order valence-electron chi connectivity index (χ1n) is 8.58. The third kappa shape index (κ3) is 7.36. The number of rotatable bonds is 6. The van der Waals surface area contributed by atoms with Gasteiger partial charge >= 0.3 is 0 Å². The van der Waals surface area contributed by atoms with Crippen molar-refractivity contribution < 1.29 is 4.74 Å². The summed E-state index contributed by atoms with van der Waals surface area (Å²) < 4.78 is 5.41. The highest BCUT2D eigenvalue weighted by Crippen LogP contribution is 2.05. The second kappa shape index (κ2) is 11.7. The summed E-state index contributed by atoms with van der Waals surface area (Å²) in [6.07, 6.45) is 0. The van der Waals surface area contributed by atoms with Crippen LogP contribution in [0.2, 0.25) is 0 Å². The molecule has 1 aliphatic heterocycles. The average molecular weight is 446 g/mol. The summed E-state index contributed by atoms with van der Waals surface area (Å²) in [5, 5.41) is 6.78. The van der Waals surface area contributed by atoms with E-state index in [1.54, 1.807) is 0 Å². The fraction of sp³-hybridized carbons (Fsp3) is 0.611. The number of halogens is 1. The van der Waals surface area contributed by atoms with Crippen molar-refractivity contribution in [2.75, 3.05) is 39.4 Å². The lowest BCUT2D eigenvalue weighted by atomic mass is 10.1. The van der Waals surface area contributed by atoms with Crippen molar-refractivity contribution >= 4 is 29.9 Å². The molecule has 1 heterocycles. The Morgan fingerprint density at radius 3 is 2.71 bits per heavy atom. The normalized spacial score (nSPS) is 17.0. The quantitative estimate of drug-likeness (QED) is 0.401. The van der Waals surface area contributed by atoms with Crippen LogP contribution < -0.4 is 10.6 Å². The summed E-state index contributed by atoms with van der Waals surface area (Å²) in [6, 6.07) is 8.98. The molecule has 1 saturated heterocycles. The summed E-state index contributed by atoms with van der Waals surface area (Å²) in [5.74, 6) is 0.883. The molecule has 24 heavy (non-hydrogen) atoms. The summed E-state index contributed by atoms with van der Waals surface area (Å²) in [4.78, 5) is 7.15. The fourth-order valence-electron chi connectivity index (χ4n) is 2.71. The Labute approximate surface area is 163 Å². The first-order chi connectivity index (χ1) is 11.2. The number of benzene rings is 1. The maximum Gasteiger partial charge on any atom is 0.191 e. The van der Waals surface area contributed by atoms with Gasteiger partial charge < -0.3 is 15.4 Å².